The first-order valence-corrected chi connectivity index (χ1v) is 11.1. The topological polar surface area (TPSA) is 69.0 Å². The maximum Gasteiger partial charge on any atom is 0.234 e. The maximum absolute atomic E-state index is 12.4. The number of thioether (sulfide) groups is 1. The summed E-state index contributed by atoms with van der Waals surface area (Å²) in [5, 5.41) is 13.0. The molecule has 0 aliphatic carbocycles. The highest BCUT2D eigenvalue weighted by Crippen LogP contribution is 2.23. The monoisotopic (exact) mass is 464 g/mol. The molecule has 2 aromatic carbocycles. The first-order chi connectivity index (χ1) is 14.5. The molecule has 1 N–H and O–H groups in total. The molecule has 0 saturated heterocycles. The summed E-state index contributed by atoms with van der Waals surface area (Å²) in [4.78, 5) is 12.4. The summed E-state index contributed by atoms with van der Waals surface area (Å²) in [5.74, 6) is 0.888. The lowest BCUT2D eigenvalue weighted by atomic mass is 10.1. The zero-order valence-corrected chi connectivity index (χ0v) is 18.8. The van der Waals surface area contributed by atoms with Crippen LogP contribution in [0.4, 0.5) is 5.69 Å². The molecular formula is C21H22Cl2N4O2S. The third-order valence-corrected chi connectivity index (χ3v) is 5.67. The molecule has 3 rings (SSSR count). The van der Waals surface area contributed by atoms with Crippen LogP contribution < -0.4 is 5.32 Å². The predicted molar refractivity (Wildman–Crippen MR) is 122 cm³/mol. The van der Waals surface area contributed by atoms with E-state index in [0.717, 1.165) is 18.7 Å². The van der Waals surface area contributed by atoms with Crippen molar-refractivity contribution in [1.29, 1.82) is 0 Å². The number of rotatable bonds is 10. The number of nitrogens with zero attached hydrogens (tertiary/aromatic N) is 3. The van der Waals surface area contributed by atoms with Gasteiger partial charge in [0.15, 0.2) is 5.16 Å². The van der Waals surface area contributed by atoms with Crippen molar-refractivity contribution >= 4 is 46.6 Å². The lowest BCUT2D eigenvalue weighted by Gasteiger charge is -2.10. The molecule has 0 aliphatic rings. The van der Waals surface area contributed by atoms with E-state index in [0.29, 0.717) is 34.0 Å². The quantitative estimate of drug-likeness (QED) is 0.438. The van der Waals surface area contributed by atoms with Crippen LogP contribution in [0.1, 0.15) is 11.4 Å². The van der Waals surface area contributed by atoms with Gasteiger partial charge < -0.3 is 14.6 Å². The summed E-state index contributed by atoms with van der Waals surface area (Å²) in [6.45, 7) is 1.17. The van der Waals surface area contributed by atoms with E-state index >= 15 is 0 Å². The highest BCUT2D eigenvalue weighted by Gasteiger charge is 2.14. The molecule has 9 heteroatoms. The normalized spacial score (nSPS) is 10.9. The van der Waals surface area contributed by atoms with Crippen molar-refractivity contribution in [3.05, 3.63) is 70.0 Å². The van der Waals surface area contributed by atoms with Crippen LogP contribution in [0.2, 0.25) is 10.0 Å². The van der Waals surface area contributed by atoms with Crippen LogP contribution in [0.25, 0.3) is 0 Å². The minimum Gasteiger partial charge on any atom is -0.383 e. The van der Waals surface area contributed by atoms with Crippen LogP contribution in [0.15, 0.2) is 53.7 Å². The second-order valence-corrected chi connectivity index (χ2v) is 8.34. The zero-order chi connectivity index (χ0) is 21.3. The molecule has 0 saturated carbocycles. The number of carbonyl (C=O) groups excluding carboxylic acids is 1. The van der Waals surface area contributed by atoms with Gasteiger partial charge in [-0.05, 0) is 30.2 Å². The molecule has 3 aromatic rings. The highest BCUT2D eigenvalue weighted by molar-refractivity contribution is 7.99. The van der Waals surface area contributed by atoms with Gasteiger partial charge in [0.1, 0.15) is 5.82 Å². The van der Waals surface area contributed by atoms with E-state index in [1.54, 1.807) is 25.3 Å². The minimum atomic E-state index is -0.175. The van der Waals surface area contributed by atoms with Gasteiger partial charge in [0.2, 0.25) is 5.91 Å². The number of ether oxygens (including phenoxy) is 1. The van der Waals surface area contributed by atoms with Gasteiger partial charge in [-0.25, -0.2) is 0 Å². The van der Waals surface area contributed by atoms with Crippen molar-refractivity contribution in [3.8, 4) is 0 Å². The van der Waals surface area contributed by atoms with Gasteiger partial charge in [-0.15, -0.1) is 10.2 Å². The zero-order valence-electron chi connectivity index (χ0n) is 16.5. The minimum absolute atomic E-state index is 0.175. The fourth-order valence-electron chi connectivity index (χ4n) is 2.87. The van der Waals surface area contributed by atoms with Crippen molar-refractivity contribution < 1.29 is 9.53 Å². The standard InChI is InChI=1S/C21H22Cl2N4O2S/c1-29-10-9-27-19(8-7-15-5-3-2-4-6-15)25-26-21(27)30-14-20(28)24-18-12-16(22)11-17(23)13-18/h2-6,11-13H,7-10,14H2,1H3,(H,24,28). The Hall–Kier alpha value is -2.06. The van der Waals surface area contributed by atoms with E-state index in [9.17, 15) is 4.79 Å². The molecule has 0 radical (unpaired) electrons. The van der Waals surface area contributed by atoms with Gasteiger partial charge in [-0.2, -0.15) is 0 Å². The molecule has 0 unspecified atom stereocenters. The van der Waals surface area contributed by atoms with Crippen molar-refractivity contribution in [1.82, 2.24) is 14.8 Å². The molecule has 0 spiro atoms. The first-order valence-electron chi connectivity index (χ1n) is 9.39. The molecule has 6 nitrogen and oxygen atoms in total. The summed E-state index contributed by atoms with van der Waals surface area (Å²) in [6.07, 6.45) is 1.63. The summed E-state index contributed by atoms with van der Waals surface area (Å²) in [6, 6.07) is 15.2. The Morgan fingerprint density at radius 1 is 1.10 bits per heavy atom. The van der Waals surface area contributed by atoms with Crippen molar-refractivity contribution in [2.45, 2.75) is 24.5 Å². The third-order valence-electron chi connectivity index (χ3n) is 4.27. The Balaban J connectivity index is 1.62. The number of aromatic nitrogens is 3. The van der Waals surface area contributed by atoms with E-state index in [4.69, 9.17) is 27.9 Å². The molecule has 1 amide bonds. The van der Waals surface area contributed by atoms with Gasteiger partial charge in [0.05, 0.1) is 12.4 Å². The van der Waals surface area contributed by atoms with Crippen LogP contribution >= 0.6 is 35.0 Å². The van der Waals surface area contributed by atoms with E-state index in [1.807, 2.05) is 22.8 Å². The van der Waals surface area contributed by atoms with Gasteiger partial charge in [0.25, 0.3) is 0 Å². The largest absolute Gasteiger partial charge is 0.383 e. The maximum atomic E-state index is 12.4. The van der Waals surface area contributed by atoms with E-state index in [1.165, 1.54) is 17.3 Å². The van der Waals surface area contributed by atoms with Gasteiger partial charge in [0, 0.05) is 35.8 Å². The Kier molecular flexibility index (Phi) is 8.57. The van der Waals surface area contributed by atoms with E-state index in [2.05, 4.69) is 27.6 Å². The Bertz CT molecular complexity index is 962. The number of nitrogens with one attached hydrogen (secondary N) is 1. The Morgan fingerprint density at radius 3 is 2.53 bits per heavy atom. The second-order valence-electron chi connectivity index (χ2n) is 6.52. The van der Waals surface area contributed by atoms with E-state index in [-0.39, 0.29) is 11.7 Å². The number of halogens is 2. The van der Waals surface area contributed by atoms with Crippen LogP contribution in [0, 0.1) is 0 Å². The molecule has 1 heterocycles. The number of amides is 1. The Labute approximate surface area is 189 Å². The summed E-state index contributed by atoms with van der Waals surface area (Å²) in [5.41, 5.74) is 1.80. The summed E-state index contributed by atoms with van der Waals surface area (Å²) >= 11 is 13.3. The first kappa shape index (κ1) is 22.6. The average Bonchev–Trinajstić information content (AvgIpc) is 3.10. The lowest BCUT2D eigenvalue weighted by Crippen LogP contribution is -2.15. The van der Waals surface area contributed by atoms with Gasteiger partial charge in [-0.3, -0.25) is 4.79 Å². The van der Waals surface area contributed by atoms with Crippen molar-refractivity contribution in [2.75, 3.05) is 24.8 Å². The predicted octanol–water partition coefficient (Wildman–Crippen LogP) is 4.75. The second kappa shape index (κ2) is 11.4. The molecule has 30 heavy (non-hydrogen) atoms. The SMILES string of the molecule is COCCn1c(CCc2ccccc2)nnc1SCC(=O)Nc1cc(Cl)cc(Cl)c1. The molecule has 0 bridgehead atoms. The van der Waals surface area contributed by atoms with Crippen LogP contribution in [-0.2, 0) is 28.9 Å². The fraction of sp³-hybridized carbons (Fsp3) is 0.286. The lowest BCUT2D eigenvalue weighted by molar-refractivity contribution is -0.113. The number of hydrogen-bond acceptors (Lipinski definition) is 5. The third kappa shape index (κ3) is 6.74. The highest BCUT2D eigenvalue weighted by atomic mass is 35.5. The number of hydrogen-bond donors (Lipinski definition) is 1. The van der Waals surface area contributed by atoms with Crippen LogP contribution in [-0.4, -0.2) is 40.1 Å². The Morgan fingerprint density at radius 2 is 1.83 bits per heavy atom. The molecule has 1 aromatic heterocycles. The summed E-state index contributed by atoms with van der Waals surface area (Å²) < 4.78 is 7.24. The molecule has 0 atom stereocenters. The molecule has 0 aliphatic heterocycles. The van der Waals surface area contributed by atoms with Crippen molar-refractivity contribution in [2.24, 2.45) is 0 Å². The number of benzene rings is 2. The molecule has 158 valence electrons. The number of methoxy groups -OCH3 is 1. The number of anilines is 1. The van der Waals surface area contributed by atoms with Gasteiger partial charge >= 0.3 is 0 Å². The van der Waals surface area contributed by atoms with Gasteiger partial charge in [-0.1, -0.05) is 65.3 Å². The molecular weight excluding hydrogens is 443 g/mol. The molecule has 0 fully saturated rings. The van der Waals surface area contributed by atoms with Crippen LogP contribution in [0.5, 0.6) is 0 Å². The smallest absolute Gasteiger partial charge is 0.234 e. The average molecular weight is 465 g/mol. The number of carbonyl (C=O) groups is 1. The van der Waals surface area contributed by atoms with E-state index < -0.39 is 0 Å². The fourth-order valence-corrected chi connectivity index (χ4v) is 4.18. The van der Waals surface area contributed by atoms with Crippen molar-refractivity contribution in [3.63, 3.8) is 0 Å². The van der Waals surface area contributed by atoms with Crippen LogP contribution in [0.3, 0.4) is 0 Å². The number of aryl methyl sites for hydroxylation is 2. The summed E-state index contributed by atoms with van der Waals surface area (Å²) in [7, 11) is 1.66.